The van der Waals surface area contributed by atoms with Crippen molar-refractivity contribution >= 4 is 5.69 Å². The summed E-state index contributed by atoms with van der Waals surface area (Å²) in [5, 5.41) is 9.49. The van der Waals surface area contributed by atoms with Crippen LogP contribution in [0.15, 0.2) is 24.3 Å². The topological polar surface area (TPSA) is 32.7 Å². The SMILES string of the molecule is CC(C)(C)c1ccccc1N1CCOCC1CO. The van der Waals surface area contributed by atoms with Crippen LogP contribution in [-0.4, -0.2) is 37.5 Å². The molecular weight excluding hydrogens is 226 g/mol. The lowest BCUT2D eigenvalue weighted by Crippen LogP contribution is -2.48. The number of rotatable bonds is 2. The van der Waals surface area contributed by atoms with Crippen molar-refractivity contribution in [1.29, 1.82) is 0 Å². The molecule has 0 aliphatic carbocycles. The molecule has 0 saturated carbocycles. The van der Waals surface area contributed by atoms with Crippen molar-refractivity contribution in [3.8, 4) is 0 Å². The van der Waals surface area contributed by atoms with Gasteiger partial charge >= 0.3 is 0 Å². The van der Waals surface area contributed by atoms with Crippen molar-refractivity contribution in [2.24, 2.45) is 0 Å². The molecule has 1 heterocycles. The van der Waals surface area contributed by atoms with E-state index in [0.717, 1.165) is 13.2 Å². The van der Waals surface area contributed by atoms with E-state index in [0.29, 0.717) is 6.61 Å². The predicted molar refractivity (Wildman–Crippen MR) is 74.2 cm³/mol. The maximum Gasteiger partial charge on any atom is 0.0755 e. The molecule has 0 radical (unpaired) electrons. The summed E-state index contributed by atoms with van der Waals surface area (Å²) in [6.45, 7) is 8.99. The number of aliphatic hydroxyl groups is 1. The van der Waals surface area contributed by atoms with Gasteiger partial charge in [0.1, 0.15) is 0 Å². The van der Waals surface area contributed by atoms with Gasteiger partial charge in [-0.05, 0) is 17.0 Å². The Bertz CT molecular complexity index is 398. The van der Waals surface area contributed by atoms with Gasteiger partial charge in [0.2, 0.25) is 0 Å². The molecular formula is C15H23NO2. The molecule has 3 heteroatoms. The van der Waals surface area contributed by atoms with Crippen molar-refractivity contribution in [3.05, 3.63) is 29.8 Å². The Hall–Kier alpha value is -1.06. The molecule has 1 saturated heterocycles. The first-order valence-corrected chi connectivity index (χ1v) is 6.59. The lowest BCUT2D eigenvalue weighted by atomic mass is 9.85. The number of nitrogens with zero attached hydrogens (tertiary/aromatic N) is 1. The molecule has 1 aliphatic heterocycles. The van der Waals surface area contributed by atoms with E-state index in [1.54, 1.807) is 0 Å². The summed E-state index contributed by atoms with van der Waals surface area (Å²) in [5.41, 5.74) is 2.66. The Morgan fingerprint density at radius 2 is 2.06 bits per heavy atom. The van der Waals surface area contributed by atoms with Crippen LogP contribution in [0, 0.1) is 0 Å². The predicted octanol–water partition coefficient (Wildman–Crippen LogP) is 2.18. The van der Waals surface area contributed by atoms with Crippen LogP contribution in [0.1, 0.15) is 26.3 Å². The second-order valence-electron chi connectivity index (χ2n) is 5.87. The van der Waals surface area contributed by atoms with Crippen LogP contribution in [0.3, 0.4) is 0 Å². The monoisotopic (exact) mass is 249 g/mol. The lowest BCUT2D eigenvalue weighted by Gasteiger charge is -2.39. The van der Waals surface area contributed by atoms with Crippen LogP contribution in [-0.2, 0) is 10.2 Å². The number of hydrogen-bond acceptors (Lipinski definition) is 3. The van der Waals surface area contributed by atoms with Crippen LogP contribution in [0.2, 0.25) is 0 Å². The summed E-state index contributed by atoms with van der Waals surface area (Å²) < 4.78 is 5.45. The summed E-state index contributed by atoms with van der Waals surface area (Å²) in [4.78, 5) is 2.28. The largest absolute Gasteiger partial charge is 0.394 e. The van der Waals surface area contributed by atoms with Crippen LogP contribution in [0.5, 0.6) is 0 Å². The molecule has 0 amide bonds. The molecule has 1 aromatic carbocycles. The summed E-state index contributed by atoms with van der Waals surface area (Å²) in [7, 11) is 0. The number of para-hydroxylation sites is 1. The van der Waals surface area contributed by atoms with Gasteiger partial charge in [0.15, 0.2) is 0 Å². The van der Waals surface area contributed by atoms with Crippen LogP contribution in [0.25, 0.3) is 0 Å². The number of ether oxygens (including phenoxy) is 1. The zero-order chi connectivity index (χ0) is 13.2. The summed E-state index contributed by atoms with van der Waals surface area (Å²) >= 11 is 0. The second kappa shape index (κ2) is 5.29. The first kappa shape index (κ1) is 13.4. The van der Waals surface area contributed by atoms with Crippen molar-refractivity contribution in [3.63, 3.8) is 0 Å². The highest BCUT2D eigenvalue weighted by molar-refractivity contribution is 5.57. The molecule has 1 aliphatic rings. The summed E-state index contributed by atoms with van der Waals surface area (Å²) in [6.07, 6.45) is 0. The molecule has 1 N–H and O–H groups in total. The molecule has 0 bridgehead atoms. The fourth-order valence-corrected chi connectivity index (χ4v) is 2.48. The summed E-state index contributed by atoms with van der Waals surface area (Å²) in [6, 6.07) is 8.54. The van der Waals surface area contributed by atoms with Crippen LogP contribution in [0.4, 0.5) is 5.69 Å². The molecule has 1 fully saturated rings. The average Bonchev–Trinajstić information content (AvgIpc) is 2.37. The zero-order valence-electron chi connectivity index (χ0n) is 11.5. The first-order valence-electron chi connectivity index (χ1n) is 6.59. The third-order valence-electron chi connectivity index (χ3n) is 3.46. The summed E-state index contributed by atoms with van der Waals surface area (Å²) in [5.74, 6) is 0. The minimum atomic E-state index is 0.0715. The average molecular weight is 249 g/mol. The van der Waals surface area contributed by atoms with Gasteiger partial charge in [-0.3, -0.25) is 0 Å². The van der Waals surface area contributed by atoms with Gasteiger partial charge in [0.05, 0.1) is 25.9 Å². The highest BCUT2D eigenvalue weighted by atomic mass is 16.5. The van der Waals surface area contributed by atoms with Crippen molar-refractivity contribution < 1.29 is 9.84 Å². The Morgan fingerprint density at radius 3 is 2.72 bits per heavy atom. The molecule has 1 atom stereocenters. The maximum atomic E-state index is 9.49. The highest BCUT2D eigenvalue weighted by Gasteiger charge is 2.27. The minimum absolute atomic E-state index is 0.0715. The van der Waals surface area contributed by atoms with Crippen molar-refractivity contribution in [2.45, 2.75) is 32.2 Å². The van der Waals surface area contributed by atoms with Gasteiger partial charge in [-0.1, -0.05) is 39.0 Å². The molecule has 1 unspecified atom stereocenters. The number of aliphatic hydroxyl groups excluding tert-OH is 1. The number of morpholine rings is 1. The Kier molecular flexibility index (Phi) is 3.93. The molecule has 18 heavy (non-hydrogen) atoms. The van der Waals surface area contributed by atoms with Gasteiger partial charge < -0.3 is 14.7 Å². The molecule has 0 spiro atoms. The van der Waals surface area contributed by atoms with E-state index in [9.17, 15) is 5.11 Å². The Labute approximate surface area is 109 Å². The van der Waals surface area contributed by atoms with Crippen molar-refractivity contribution in [2.75, 3.05) is 31.3 Å². The Balaban J connectivity index is 2.37. The van der Waals surface area contributed by atoms with Crippen LogP contribution >= 0.6 is 0 Å². The van der Waals surface area contributed by atoms with E-state index in [4.69, 9.17) is 4.74 Å². The van der Waals surface area contributed by atoms with E-state index in [1.807, 2.05) is 0 Å². The maximum absolute atomic E-state index is 9.49. The fourth-order valence-electron chi connectivity index (χ4n) is 2.48. The minimum Gasteiger partial charge on any atom is -0.394 e. The van der Waals surface area contributed by atoms with E-state index < -0.39 is 0 Å². The number of anilines is 1. The molecule has 100 valence electrons. The number of hydrogen-bond donors (Lipinski definition) is 1. The first-order chi connectivity index (χ1) is 8.54. The standard InChI is InChI=1S/C15H23NO2/c1-15(2,3)13-6-4-5-7-14(13)16-8-9-18-11-12(16)10-17/h4-7,12,17H,8-11H2,1-3H3. The third-order valence-corrected chi connectivity index (χ3v) is 3.46. The van der Waals surface area contributed by atoms with E-state index in [1.165, 1.54) is 11.3 Å². The molecule has 3 nitrogen and oxygen atoms in total. The van der Waals surface area contributed by atoms with E-state index in [-0.39, 0.29) is 18.1 Å². The molecule has 1 aromatic rings. The van der Waals surface area contributed by atoms with Crippen molar-refractivity contribution in [1.82, 2.24) is 0 Å². The van der Waals surface area contributed by atoms with Gasteiger partial charge in [-0.2, -0.15) is 0 Å². The van der Waals surface area contributed by atoms with E-state index >= 15 is 0 Å². The quantitative estimate of drug-likeness (QED) is 0.872. The van der Waals surface area contributed by atoms with Gasteiger partial charge in [0.25, 0.3) is 0 Å². The zero-order valence-corrected chi connectivity index (χ0v) is 11.5. The molecule has 0 aromatic heterocycles. The lowest BCUT2D eigenvalue weighted by molar-refractivity contribution is 0.0725. The van der Waals surface area contributed by atoms with E-state index in [2.05, 4.69) is 49.9 Å². The smallest absolute Gasteiger partial charge is 0.0755 e. The van der Waals surface area contributed by atoms with Gasteiger partial charge in [-0.25, -0.2) is 0 Å². The number of benzene rings is 1. The third kappa shape index (κ3) is 2.68. The second-order valence-corrected chi connectivity index (χ2v) is 5.87. The Morgan fingerprint density at radius 1 is 1.33 bits per heavy atom. The molecule has 2 rings (SSSR count). The van der Waals surface area contributed by atoms with Gasteiger partial charge in [-0.15, -0.1) is 0 Å². The van der Waals surface area contributed by atoms with Gasteiger partial charge in [0, 0.05) is 12.2 Å². The van der Waals surface area contributed by atoms with Crippen LogP contribution < -0.4 is 4.90 Å². The highest BCUT2D eigenvalue weighted by Crippen LogP contribution is 2.33. The fraction of sp³-hybridized carbons (Fsp3) is 0.600. The normalized spacial score (nSPS) is 21.1.